The van der Waals surface area contributed by atoms with Crippen molar-refractivity contribution in [3.05, 3.63) is 58.7 Å². The standard InChI is InChI=1S/C17H15F5O/c1-2-3-8-17(22)11(9-10-6-4-5-7-12(10)23)13(18)14(19)15(20)16(17)21/h4-7,9,23H,2-3,8H2,1H3/b11-9+. The van der Waals surface area contributed by atoms with E-state index in [-0.39, 0.29) is 17.7 Å². The van der Waals surface area contributed by atoms with Gasteiger partial charge in [-0.1, -0.05) is 31.5 Å². The summed E-state index contributed by atoms with van der Waals surface area (Å²) in [5.74, 6) is -8.33. The maximum atomic E-state index is 15.0. The molecule has 0 bridgehead atoms. The summed E-state index contributed by atoms with van der Waals surface area (Å²) in [6.07, 6.45) is 0.858. The highest BCUT2D eigenvalue weighted by molar-refractivity contribution is 5.68. The van der Waals surface area contributed by atoms with Crippen molar-refractivity contribution in [2.24, 2.45) is 0 Å². The molecule has 1 aliphatic carbocycles. The van der Waals surface area contributed by atoms with E-state index in [4.69, 9.17) is 0 Å². The van der Waals surface area contributed by atoms with Crippen LogP contribution in [0.15, 0.2) is 53.1 Å². The third-order valence-corrected chi connectivity index (χ3v) is 3.70. The minimum atomic E-state index is -3.11. The Balaban J connectivity index is 2.64. The van der Waals surface area contributed by atoms with Crippen LogP contribution >= 0.6 is 0 Å². The predicted molar refractivity (Wildman–Crippen MR) is 77.9 cm³/mol. The van der Waals surface area contributed by atoms with Crippen molar-refractivity contribution in [3.8, 4) is 5.75 Å². The fraction of sp³-hybridized carbons (Fsp3) is 0.294. The zero-order valence-corrected chi connectivity index (χ0v) is 12.3. The van der Waals surface area contributed by atoms with E-state index in [1.165, 1.54) is 24.3 Å². The summed E-state index contributed by atoms with van der Waals surface area (Å²) in [5.41, 5.74) is -4.11. The topological polar surface area (TPSA) is 20.2 Å². The summed E-state index contributed by atoms with van der Waals surface area (Å²) < 4.78 is 70.1. The van der Waals surface area contributed by atoms with Crippen LogP contribution in [0.5, 0.6) is 5.75 Å². The maximum absolute atomic E-state index is 15.0. The second-order valence-corrected chi connectivity index (χ2v) is 5.28. The lowest BCUT2D eigenvalue weighted by atomic mass is 9.83. The number of hydrogen-bond donors (Lipinski definition) is 1. The van der Waals surface area contributed by atoms with E-state index in [2.05, 4.69) is 0 Å². The van der Waals surface area contributed by atoms with E-state index in [1.807, 2.05) is 0 Å². The first-order valence-corrected chi connectivity index (χ1v) is 7.13. The fourth-order valence-corrected chi connectivity index (χ4v) is 2.38. The smallest absolute Gasteiger partial charge is 0.197 e. The highest BCUT2D eigenvalue weighted by Gasteiger charge is 2.48. The molecule has 0 heterocycles. The predicted octanol–water partition coefficient (Wildman–Crippen LogP) is 5.99. The van der Waals surface area contributed by atoms with Crippen molar-refractivity contribution in [3.63, 3.8) is 0 Å². The molecule has 1 unspecified atom stereocenters. The number of para-hydroxylation sites is 1. The molecule has 124 valence electrons. The zero-order chi connectivity index (χ0) is 17.2. The summed E-state index contributed by atoms with van der Waals surface area (Å²) in [4.78, 5) is 0. The lowest BCUT2D eigenvalue weighted by Crippen LogP contribution is -2.31. The van der Waals surface area contributed by atoms with Gasteiger partial charge in [0.05, 0.1) is 0 Å². The minimum Gasteiger partial charge on any atom is -0.507 e. The number of unbranched alkanes of at least 4 members (excludes halogenated alkanes) is 1. The Morgan fingerprint density at radius 2 is 1.70 bits per heavy atom. The van der Waals surface area contributed by atoms with Crippen molar-refractivity contribution in [1.82, 2.24) is 0 Å². The number of benzene rings is 1. The van der Waals surface area contributed by atoms with E-state index in [9.17, 15) is 22.7 Å². The summed E-state index contributed by atoms with van der Waals surface area (Å²) >= 11 is 0. The van der Waals surface area contributed by atoms with Crippen molar-refractivity contribution >= 4 is 6.08 Å². The molecule has 1 aliphatic rings. The average molecular weight is 330 g/mol. The number of halogens is 5. The third kappa shape index (κ3) is 3.02. The van der Waals surface area contributed by atoms with Crippen LogP contribution in [0.2, 0.25) is 0 Å². The van der Waals surface area contributed by atoms with E-state index < -0.39 is 41.0 Å². The summed E-state index contributed by atoms with van der Waals surface area (Å²) in [5, 5.41) is 9.68. The molecule has 0 spiro atoms. The van der Waals surface area contributed by atoms with Crippen molar-refractivity contribution in [1.29, 1.82) is 0 Å². The molecule has 0 amide bonds. The molecule has 0 radical (unpaired) electrons. The molecular formula is C17H15F5O. The van der Waals surface area contributed by atoms with Crippen LogP contribution in [0, 0.1) is 0 Å². The molecule has 1 nitrogen and oxygen atoms in total. The van der Waals surface area contributed by atoms with Gasteiger partial charge in [-0.05, 0) is 25.0 Å². The van der Waals surface area contributed by atoms with Gasteiger partial charge in [-0.25, -0.2) is 22.0 Å². The first-order valence-electron chi connectivity index (χ1n) is 7.13. The highest BCUT2D eigenvalue weighted by Crippen LogP contribution is 2.49. The monoisotopic (exact) mass is 330 g/mol. The van der Waals surface area contributed by atoms with Gasteiger partial charge in [-0.2, -0.15) is 0 Å². The van der Waals surface area contributed by atoms with Crippen LogP contribution in [0.4, 0.5) is 22.0 Å². The molecule has 0 aromatic heterocycles. The Hall–Kier alpha value is -2.11. The lowest BCUT2D eigenvalue weighted by Gasteiger charge is -2.29. The van der Waals surface area contributed by atoms with Gasteiger partial charge >= 0.3 is 0 Å². The van der Waals surface area contributed by atoms with Crippen LogP contribution in [0.25, 0.3) is 6.08 Å². The van der Waals surface area contributed by atoms with Crippen molar-refractivity contribution < 1.29 is 27.1 Å². The quantitative estimate of drug-likeness (QED) is 0.672. The summed E-state index contributed by atoms with van der Waals surface area (Å²) in [6.45, 7) is 1.70. The Morgan fingerprint density at radius 1 is 1.04 bits per heavy atom. The molecule has 0 aliphatic heterocycles. The Labute approximate surface area is 130 Å². The maximum Gasteiger partial charge on any atom is 0.197 e. The second-order valence-electron chi connectivity index (χ2n) is 5.28. The van der Waals surface area contributed by atoms with Gasteiger partial charge < -0.3 is 5.11 Å². The Morgan fingerprint density at radius 3 is 2.30 bits per heavy atom. The average Bonchev–Trinajstić information content (AvgIpc) is 2.55. The van der Waals surface area contributed by atoms with Gasteiger partial charge in [-0.15, -0.1) is 0 Å². The molecular weight excluding hydrogens is 315 g/mol. The summed E-state index contributed by atoms with van der Waals surface area (Å²) in [7, 11) is 0. The van der Waals surface area contributed by atoms with Crippen molar-refractivity contribution in [2.75, 3.05) is 0 Å². The number of phenols is 1. The number of allylic oxidation sites excluding steroid dienone is 5. The molecule has 23 heavy (non-hydrogen) atoms. The number of hydrogen-bond acceptors (Lipinski definition) is 1. The minimum absolute atomic E-state index is 0.0286. The normalized spacial score (nSPS) is 23.8. The van der Waals surface area contributed by atoms with Crippen LogP contribution in [0.1, 0.15) is 31.7 Å². The third-order valence-electron chi connectivity index (χ3n) is 3.70. The first-order chi connectivity index (χ1) is 10.8. The van der Waals surface area contributed by atoms with Crippen LogP contribution in [-0.2, 0) is 0 Å². The molecule has 0 saturated heterocycles. The van der Waals surface area contributed by atoms with E-state index in [0.29, 0.717) is 6.42 Å². The van der Waals surface area contributed by atoms with E-state index in [1.54, 1.807) is 6.92 Å². The molecule has 1 aromatic rings. The Bertz CT molecular complexity index is 705. The van der Waals surface area contributed by atoms with E-state index >= 15 is 4.39 Å². The molecule has 6 heteroatoms. The van der Waals surface area contributed by atoms with Gasteiger partial charge in [-0.3, -0.25) is 0 Å². The largest absolute Gasteiger partial charge is 0.507 e. The summed E-state index contributed by atoms with van der Waals surface area (Å²) in [6, 6.07) is 5.53. The molecule has 0 saturated carbocycles. The highest BCUT2D eigenvalue weighted by atomic mass is 19.2. The molecule has 1 aromatic carbocycles. The van der Waals surface area contributed by atoms with Crippen molar-refractivity contribution in [2.45, 2.75) is 31.9 Å². The molecule has 2 rings (SSSR count). The Kier molecular flexibility index (Phi) is 4.92. The van der Waals surface area contributed by atoms with Gasteiger partial charge in [0.2, 0.25) is 0 Å². The molecule has 1 N–H and O–H groups in total. The van der Waals surface area contributed by atoms with Crippen LogP contribution in [-0.4, -0.2) is 10.8 Å². The number of rotatable bonds is 4. The number of alkyl halides is 1. The fourth-order valence-electron chi connectivity index (χ4n) is 2.38. The number of aromatic hydroxyl groups is 1. The van der Waals surface area contributed by atoms with Gasteiger partial charge in [0.15, 0.2) is 29.0 Å². The van der Waals surface area contributed by atoms with Gasteiger partial charge in [0.25, 0.3) is 0 Å². The van der Waals surface area contributed by atoms with Crippen LogP contribution < -0.4 is 0 Å². The second kappa shape index (κ2) is 6.56. The first kappa shape index (κ1) is 17.2. The van der Waals surface area contributed by atoms with Gasteiger partial charge in [0.1, 0.15) is 5.75 Å². The lowest BCUT2D eigenvalue weighted by molar-refractivity contribution is 0.182. The molecule has 1 atom stereocenters. The van der Waals surface area contributed by atoms with E-state index in [0.717, 1.165) is 6.08 Å². The van der Waals surface area contributed by atoms with Crippen LogP contribution in [0.3, 0.4) is 0 Å². The SMILES string of the molecule is CCCCC1(F)C(F)=C(F)C(F)=C(F)/C1=C\c1ccccc1O. The molecule has 0 fully saturated rings. The zero-order valence-electron chi connectivity index (χ0n) is 12.3. The van der Waals surface area contributed by atoms with Gasteiger partial charge in [0, 0.05) is 11.1 Å². The number of phenolic OH excluding ortho intramolecular Hbond substituents is 1.